The third-order valence-corrected chi connectivity index (χ3v) is 5.90. The molecule has 5 rings (SSSR count). The smallest absolute Gasteiger partial charge is 0.228 e. The topological polar surface area (TPSA) is 32.3 Å². The van der Waals surface area contributed by atoms with Crippen LogP contribution in [0.25, 0.3) is 0 Å². The summed E-state index contributed by atoms with van der Waals surface area (Å²) in [5, 5.41) is 3.35. The summed E-state index contributed by atoms with van der Waals surface area (Å²) in [6.45, 7) is 3.83. The molecule has 18 heavy (non-hydrogen) atoms. The molecule has 0 aromatic carbocycles. The third kappa shape index (κ3) is 1.63. The second-order valence-electron chi connectivity index (χ2n) is 7.24. The Morgan fingerprint density at radius 2 is 1.44 bits per heavy atom. The van der Waals surface area contributed by atoms with Crippen LogP contribution in [0.3, 0.4) is 0 Å². The Kier molecular flexibility index (Phi) is 2.48. The Bertz CT molecular complexity index is 324. The normalized spacial score (nSPS) is 46.4. The minimum Gasteiger partial charge on any atom is -0.340 e. The van der Waals surface area contributed by atoms with Gasteiger partial charge < -0.3 is 10.2 Å². The Balaban J connectivity index is 1.57. The van der Waals surface area contributed by atoms with Crippen molar-refractivity contribution < 1.29 is 4.79 Å². The molecule has 1 N–H and O–H groups in total. The van der Waals surface area contributed by atoms with Crippen LogP contribution in [0.4, 0.5) is 0 Å². The lowest BCUT2D eigenvalue weighted by Gasteiger charge is -2.56. The van der Waals surface area contributed by atoms with Gasteiger partial charge in [0.2, 0.25) is 5.91 Å². The van der Waals surface area contributed by atoms with Crippen LogP contribution in [-0.4, -0.2) is 37.0 Å². The molecule has 0 atom stereocenters. The summed E-state index contributed by atoms with van der Waals surface area (Å²) in [7, 11) is 0. The van der Waals surface area contributed by atoms with E-state index in [9.17, 15) is 4.79 Å². The van der Waals surface area contributed by atoms with Crippen LogP contribution in [0.1, 0.15) is 38.5 Å². The summed E-state index contributed by atoms with van der Waals surface area (Å²) in [6.07, 6.45) is 7.90. The van der Waals surface area contributed by atoms with Gasteiger partial charge in [-0.25, -0.2) is 0 Å². The maximum atomic E-state index is 12.9. The highest BCUT2D eigenvalue weighted by Gasteiger charge is 2.55. The van der Waals surface area contributed by atoms with E-state index in [2.05, 4.69) is 10.2 Å². The molecule has 1 aliphatic heterocycles. The molecule has 3 heteroatoms. The van der Waals surface area contributed by atoms with Crippen LogP contribution in [0, 0.1) is 23.2 Å². The van der Waals surface area contributed by atoms with Gasteiger partial charge in [0, 0.05) is 26.2 Å². The minimum atomic E-state index is 0.0755. The molecule has 0 aromatic heterocycles. The SMILES string of the molecule is O=C(N1CCNCC1)C12CC3CC(CC(C3)C1)C2. The van der Waals surface area contributed by atoms with E-state index in [1.807, 2.05) is 0 Å². The van der Waals surface area contributed by atoms with Gasteiger partial charge in [0.05, 0.1) is 5.41 Å². The zero-order chi connectivity index (χ0) is 12.2. The summed E-state index contributed by atoms with van der Waals surface area (Å²) >= 11 is 0. The van der Waals surface area contributed by atoms with Crippen molar-refractivity contribution in [1.82, 2.24) is 10.2 Å². The number of piperazine rings is 1. The van der Waals surface area contributed by atoms with Gasteiger partial charge in [-0.15, -0.1) is 0 Å². The first-order valence-electron chi connectivity index (χ1n) is 7.75. The molecule has 3 nitrogen and oxygen atoms in total. The Morgan fingerprint density at radius 3 is 1.94 bits per heavy atom. The Labute approximate surface area is 109 Å². The largest absolute Gasteiger partial charge is 0.340 e. The second-order valence-corrected chi connectivity index (χ2v) is 7.24. The maximum absolute atomic E-state index is 12.9. The van der Waals surface area contributed by atoms with Crippen LogP contribution in [-0.2, 0) is 4.79 Å². The summed E-state index contributed by atoms with van der Waals surface area (Å²) in [4.78, 5) is 15.1. The molecule has 5 aliphatic rings. The molecule has 1 heterocycles. The van der Waals surface area contributed by atoms with E-state index in [0.29, 0.717) is 5.91 Å². The molecule has 4 saturated carbocycles. The second kappa shape index (κ2) is 3.96. The first kappa shape index (κ1) is 11.3. The van der Waals surface area contributed by atoms with E-state index in [0.717, 1.165) is 43.9 Å². The maximum Gasteiger partial charge on any atom is 0.228 e. The van der Waals surface area contributed by atoms with Crippen molar-refractivity contribution in [3.8, 4) is 0 Å². The van der Waals surface area contributed by atoms with Crippen LogP contribution < -0.4 is 5.32 Å². The summed E-state index contributed by atoms with van der Waals surface area (Å²) in [5.41, 5.74) is 0.0755. The predicted molar refractivity (Wildman–Crippen MR) is 70.1 cm³/mol. The number of amides is 1. The van der Waals surface area contributed by atoms with Crippen molar-refractivity contribution in [3.05, 3.63) is 0 Å². The summed E-state index contributed by atoms with van der Waals surface area (Å²) in [5.74, 6) is 3.15. The lowest BCUT2D eigenvalue weighted by molar-refractivity contribution is -0.158. The van der Waals surface area contributed by atoms with Crippen molar-refractivity contribution in [2.75, 3.05) is 26.2 Å². The molecule has 1 amide bonds. The zero-order valence-corrected chi connectivity index (χ0v) is 11.2. The molecule has 0 aromatic rings. The molecule has 0 unspecified atom stereocenters. The Hall–Kier alpha value is -0.570. The quantitative estimate of drug-likeness (QED) is 0.765. The van der Waals surface area contributed by atoms with Crippen molar-refractivity contribution in [1.29, 1.82) is 0 Å². The highest BCUT2D eigenvalue weighted by atomic mass is 16.2. The average molecular weight is 248 g/mol. The zero-order valence-electron chi connectivity index (χ0n) is 11.2. The number of rotatable bonds is 1. The predicted octanol–water partition coefficient (Wildman–Crippen LogP) is 1.63. The van der Waals surface area contributed by atoms with E-state index >= 15 is 0 Å². The number of hydrogen-bond acceptors (Lipinski definition) is 2. The minimum absolute atomic E-state index is 0.0755. The number of nitrogens with one attached hydrogen (secondary N) is 1. The third-order valence-electron chi connectivity index (χ3n) is 5.90. The number of nitrogens with zero attached hydrogens (tertiary/aromatic N) is 1. The fourth-order valence-corrected chi connectivity index (χ4v) is 5.58. The van der Waals surface area contributed by atoms with Gasteiger partial charge in [0.1, 0.15) is 0 Å². The van der Waals surface area contributed by atoms with Crippen molar-refractivity contribution in [2.24, 2.45) is 23.2 Å². The van der Waals surface area contributed by atoms with Crippen LogP contribution in [0.2, 0.25) is 0 Å². The van der Waals surface area contributed by atoms with Crippen LogP contribution in [0.5, 0.6) is 0 Å². The van der Waals surface area contributed by atoms with Gasteiger partial charge in [-0.05, 0) is 56.3 Å². The molecule has 0 spiro atoms. The van der Waals surface area contributed by atoms with E-state index in [1.165, 1.54) is 38.5 Å². The van der Waals surface area contributed by atoms with Gasteiger partial charge in [-0.3, -0.25) is 4.79 Å². The van der Waals surface area contributed by atoms with E-state index in [-0.39, 0.29) is 5.41 Å². The molecular weight excluding hydrogens is 224 g/mol. The van der Waals surface area contributed by atoms with Gasteiger partial charge in [-0.1, -0.05) is 0 Å². The van der Waals surface area contributed by atoms with Gasteiger partial charge >= 0.3 is 0 Å². The Morgan fingerprint density at radius 1 is 0.944 bits per heavy atom. The average Bonchev–Trinajstić information content (AvgIpc) is 2.37. The first-order valence-corrected chi connectivity index (χ1v) is 7.75. The fraction of sp³-hybridized carbons (Fsp3) is 0.933. The van der Waals surface area contributed by atoms with Gasteiger partial charge in [0.25, 0.3) is 0 Å². The molecule has 4 aliphatic carbocycles. The van der Waals surface area contributed by atoms with Gasteiger partial charge in [-0.2, -0.15) is 0 Å². The number of hydrogen-bond donors (Lipinski definition) is 1. The van der Waals surface area contributed by atoms with Crippen LogP contribution >= 0.6 is 0 Å². The summed E-state index contributed by atoms with van der Waals surface area (Å²) in [6, 6.07) is 0. The van der Waals surface area contributed by atoms with Crippen LogP contribution in [0.15, 0.2) is 0 Å². The number of carbonyl (C=O) groups is 1. The van der Waals surface area contributed by atoms with E-state index in [1.54, 1.807) is 0 Å². The monoisotopic (exact) mass is 248 g/mol. The number of carbonyl (C=O) groups excluding carboxylic acids is 1. The fourth-order valence-electron chi connectivity index (χ4n) is 5.58. The lowest BCUT2D eigenvalue weighted by Crippen LogP contribution is -2.57. The highest BCUT2D eigenvalue weighted by molar-refractivity contribution is 5.83. The molecule has 5 fully saturated rings. The molecule has 100 valence electrons. The van der Waals surface area contributed by atoms with Crippen molar-refractivity contribution in [3.63, 3.8) is 0 Å². The molecule has 4 bridgehead atoms. The lowest BCUT2D eigenvalue weighted by atomic mass is 9.49. The molecule has 0 radical (unpaired) electrons. The van der Waals surface area contributed by atoms with Crippen molar-refractivity contribution >= 4 is 5.91 Å². The highest BCUT2D eigenvalue weighted by Crippen LogP contribution is 2.60. The van der Waals surface area contributed by atoms with E-state index < -0.39 is 0 Å². The summed E-state index contributed by atoms with van der Waals surface area (Å²) < 4.78 is 0. The van der Waals surface area contributed by atoms with Crippen molar-refractivity contribution in [2.45, 2.75) is 38.5 Å². The molecule has 1 saturated heterocycles. The van der Waals surface area contributed by atoms with E-state index in [4.69, 9.17) is 0 Å². The first-order chi connectivity index (χ1) is 8.75. The molecular formula is C15H24N2O. The standard InChI is InChI=1S/C15H24N2O/c18-14(17-3-1-16-2-4-17)15-8-11-5-12(9-15)7-13(6-11)10-15/h11-13,16H,1-10H2. The van der Waals surface area contributed by atoms with Gasteiger partial charge in [0.15, 0.2) is 0 Å².